The first-order chi connectivity index (χ1) is 8.62. The van der Waals surface area contributed by atoms with Crippen molar-refractivity contribution in [3.05, 3.63) is 29.3 Å². The van der Waals surface area contributed by atoms with Gasteiger partial charge in [0, 0.05) is 5.56 Å². The van der Waals surface area contributed by atoms with Crippen LogP contribution in [0.3, 0.4) is 0 Å². The van der Waals surface area contributed by atoms with Crippen molar-refractivity contribution in [3.8, 4) is 11.5 Å². The molecule has 0 aliphatic rings. The Kier molecular flexibility index (Phi) is 4.92. The number of benzene rings is 1. The van der Waals surface area contributed by atoms with Gasteiger partial charge >= 0.3 is 5.97 Å². The quantitative estimate of drug-likeness (QED) is 0.637. The summed E-state index contributed by atoms with van der Waals surface area (Å²) in [6, 6.07) is 2.83. The van der Waals surface area contributed by atoms with Crippen molar-refractivity contribution >= 4 is 18.3 Å². The molecule has 0 atom stereocenters. The molecule has 0 bridgehead atoms. The summed E-state index contributed by atoms with van der Waals surface area (Å²) in [5, 5.41) is 9.60. The van der Waals surface area contributed by atoms with E-state index in [0.29, 0.717) is 17.4 Å². The molecule has 0 amide bonds. The molecule has 0 aliphatic carbocycles. The number of hydrogen-bond acceptors (Lipinski definition) is 5. The monoisotopic (exact) mass is 250 g/mol. The highest BCUT2D eigenvalue weighted by Gasteiger charge is 2.07. The third-order valence-electron chi connectivity index (χ3n) is 2.32. The van der Waals surface area contributed by atoms with Crippen molar-refractivity contribution in [1.29, 1.82) is 0 Å². The molecule has 5 nitrogen and oxygen atoms in total. The third kappa shape index (κ3) is 3.35. The van der Waals surface area contributed by atoms with Crippen LogP contribution in [-0.4, -0.2) is 31.6 Å². The molecule has 5 heteroatoms. The normalized spacial score (nSPS) is 10.3. The lowest BCUT2D eigenvalue weighted by Crippen LogP contribution is -1.97. The summed E-state index contributed by atoms with van der Waals surface area (Å²) >= 11 is 0. The number of aldehydes is 1. The van der Waals surface area contributed by atoms with Gasteiger partial charge in [0.15, 0.2) is 17.8 Å². The van der Waals surface area contributed by atoms with E-state index in [0.717, 1.165) is 0 Å². The maximum Gasteiger partial charge on any atom is 0.309 e. The van der Waals surface area contributed by atoms with Gasteiger partial charge < -0.3 is 14.6 Å². The van der Waals surface area contributed by atoms with Crippen molar-refractivity contribution in [3.63, 3.8) is 0 Å². The summed E-state index contributed by atoms with van der Waals surface area (Å²) in [6.45, 7) is 0. The topological polar surface area (TPSA) is 72.8 Å². The van der Waals surface area contributed by atoms with Gasteiger partial charge in [0.05, 0.1) is 20.6 Å². The second-order valence-corrected chi connectivity index (χ2v) is 3.45. The number of hydrogen-bond donors (Lipinski definition) is 1. The first kappa shape index (κ1) is 13.8. The van der Waals surface area contributed by atoms with Crippen LogP contribution in [0.15, 0.2) is 18.2 Å². The van der Waals surface area contributed by atoms with Gasteiger partial charge in [0.1, 0.15) is 0 Å². The van der Waals surface area contributed by atoms with E-state index in [1.807, 2.05) is 0 Å². The molecule has 0 spiro atoms. The highest BCUT2D eigenvalue weighted by molar-refractivity contribution is 5.84. The fourth-order valence-corrected chi connectivity index (χ4v) is 1.38. The predicted octanol–water partition coefficient (Wildman–Crippen LogP) is 1.79. The largest absolute Gasteiger partial charge is 0.504 e. The van der Waals surface area contributed by atoms with Crippen LogP contribution in [0.1, 0.15) is 22.3 Å². The van der Waals surface area contributed by atoms with E-state index in [-0.39, 0.29) is 23.9 Å². The van der Waals surface area contributed by atoms with Gasteiger partial charge in [-0.1, -0.05) is 12.2 Å². The van der Waals surface area contributed by atoms with Crippen LogP contribution < -0.4 is 4.74 Å². The van der Waals surface area contributed by atoms with Crippen LogP contribution in [0.25, 0.3) is 6.08 Å². The first-order valence-electron chi connectivity index (χ1n) is 5.22. The molecule has 0 radical (unpaired) electrons. The molecule has 1 rings (SSSR count). The van der Waals surface area contributed by atoms with Gasteiger partial charge in [-0.15, -0.1) is 0 Å². The smallest absolute Gasteiger partial charge is 0.309 e. The second kappa shape index (κ2) is 6.44. The molecule has 0 heterocycles. The zero-order valence-electron chi connectivity index (χ0n) is 10.2. The lowest BCUT2D eigenvalue weighted by atomic mass is 10.1. The zero-order chi connectivity index (χ0) is 13.5. The molecule has 1 aromatic carbocycles. The Labute approximate surface area is 105 Å². The van der Waals surface area contributed by atoms with Gasteiger partial charge in [-0.05, 0) is 17.7 Å². The highest BCUT2D eigenvalue weighted by atomic mass is 16.5. The molecule has 0 aliphatic heterocycles. The Hall–Kier alpha value is -2.30. The van der Waals surface area contributed by atoms with Crippen molar-refractivity contribution in [2.75, 3.05) is 14.2 Å². The maximum atomic E-state index is 10.9. The van der Waals surface area contributed by atoms with Crippen LogP contribution >= 0.6 is 0 Å². The van der Waals surface area contributed by atoms with E-state index in [2.05, 4.69) is 4.74 Å². The number of carbonyl (C=O) groups is 2. The molecule has 1 aromatic rings. The molecule has 0 saturated heterocycles. The van der Waals surface area contributed by atoms with Gasteiger partial charge in [0.2, 0.25) is 0 Å². The van der Waals surface area contributed by atoms with Gasteiger partial charge in [-0.25, -0.2) is 0 Å². The van der Waals surface area contributed by atoms with E-state index >= 15 is 0 Å². The molecular weight excluding hydrogens is 236 g/mol. The minimum absolute atomic E-state index is 0.0687. The average molecular weight is 250 g/mol. The van der Waals surface area contributed by atoms with Crippen LogP contribution in [0.2, 0.25) is 0 Å². The average Bonchev–Trinajstić information content (AvgIpc) is 2.38. The summed E-state index contributed by atoms with van der Waals surface area (Å²) in [7, 11) is 2.70. The second-order valence-electron chi connectivity index (χ2n) is 3.45. The number of phenols is 1. The number of carbonyl (C=O) groups excluding carboxylic acids is 2. The predicted molar refractivity (Wildman–Crippen MR) is 65.7 cm³/mol. The maximum absolute atomic E-state index is 10.9. The van der Waals surface area contributed by atoms with Crippen molar-refractivity contribution in [2.45, 2.75) is 6.42 Å². The summed E-state index contributed by atoms with van der Waals surface area (Å²) in [6.07, 6.45) is 3.88. The van der Waals surface area contributed by atoms with E-state index in [1.54, 1.807) is 12.2 Å². The minimum Gasteiger partial charge on any atom is -0.504 e. The fraction of sp³-hybridized carbons (Fsp3) is 0.231. The number of aromatic hydroxyl groups is 1. The van der Waals surface area contributed by atoms with E-state index < -0.39 is 0 Å². The summed E-state index contributed by atoms with van der Waals surface area (Å²) in [5.41, 5.74) is 0.873. The van der Waals surface area contributed by atoms with Crippen molar-refractivity contribution in [1.82, 2.24) is 0 Å². The Morgan fingerprint density at radius 2 is 2.06 bits per heavy atom. The first-order valence-corrected chi connectivity index (χ1v) is 5.22. The zero-order valence-corrected chi connectivity index (χ0v) is 10.2. The number of ether oxygens (including phenoxy) is 2. The summed E-state index contributed by atoms with van der Waals surface area (Å²) in [4.78, 5) is 21.8. The molecular formula is C13H14O5. The van der Waals surface area contributed by atoms with E-state index in [9.17, 15) is 14.7 Å². The van der Waals surface area contributed by atoms with Gasteiger partial charge in [0.25, 0.3) is 0 Å². The van der Waals surface area contributed by atoms with Crippen LogP contribution in [0.5, 0.6) is 11.5 Å². The Morgan fingerprint density at radius 3 is 2.61 bits per heavy atom. The van der Waals surface area contributed by atoms with Gasteiger partial charge in [-0.3, -0.25) is 9.59 Å². The number of esters is 1. The summed E-state index contributed by atoms with van der Waals surface area (Å²) in [5.74, 6) is -0.223. The molecule has 0 saturated carbocycles. The summed E-state index contributed by atoms with van der Waals surface area (Å²) < 4.78 is 9.37. The Balaban J connectivity index is 2.98. The fourth-order valence-electron chi connectivity index (χ4n) is 1.38. The van der Waals surface area contributed by atoms with E-state index in [1.165, 1.54) is 26.4 Å². The Morgan fingerprint density at radius 1 is 1.33 bits per heavy atom. The van der Waals surface area contributed by atoms with Crippen molar-refractivity contribution in [2.24, 2.45) is 0 Å². The van der Waals surface area contributed by atoms with Crippen LogP contribution in [0.4, 0.5) is 0 Å². The lowest BCUT2D eigenvalue weighted by Gasteiger charge is -2.06. The molecule has 0 fully saturated rings. The molecule has 1 N–H and O–H groups in total. The highest BCUT2D eigenvalue weighted by Crippen LogP contribution is 2.29. The molecule has 96 valence electrons. The number of methoxy groups -OCH3 is 2. The molecule has 18 heavy (non-hydrogen) atoms. The van der Waals surface area contributed by atoms with E-state index in [4.69, 9.17) is 4.74 Å². The minimum atomic E-state index is -0.378. The van der Waals surface area contributed by atoms with Crippen molar-refractivity contribution < 1.29 is 24.2 Å². The Bertz CT molecular complexity index is 477. The lowest BCUT2D eigenvalue weighted by molar-refractivity contribution is -0.139. The molecule has 0 unspecified atom stereocenters. The van der Waals surface area contributed by atoms with Gasteiger partial charge in [-0.2, -0.15) is 0 Å². The van der Waals surface area contributed by atoms with Crippen LogP contribution in [0, 0.1) is 0 Å². The standard InChI is InChI=1S/C13H14O5/c1-17-12-7-10(8-14)9(6-11(12)15)4-3-5-13(16)18-2/h3-4,6-8,15H,5H2,1-2H3. The molecule has 0 aromatic heterocycles. The SMILES string of the molecule is COC(=O)CC=Cc1cc(O)c(OC)cc1C=O. The van der Waals surface area contributed by atoms with Crippen LogP contribution in [-0.2, 0) is 9.53 Å². The number of rotatable bonds is 5. The third-order valence-corrected chi connectivity index (χ3v) is 2.32. The number of phenolic OH excluding ortho intramolecular Hbond substituents is 1.